The number of ether oxygens (including phenoxy) is 3. The molecule has 1 aliphatic carbocycles. The molecule has 0 spiro atoms. The van der Waals surface area contributed by atoms with E-state index in [-0.39, 0.29) is 31.6 Å². The Kier molecular flexibility index (Phi) is 7.37. The summed E-state index contributed by atoms with van der Waals surface area (Å²) in [5.74, 6) is -2.12. The van der Waals surface area contributed by atoms with E-state index in [1.54, 1.807) is 0 Å². The standard InChI is InChI=1S/C26H30N2O7/c1-26(15-33-2,24(30)31)28-23(29)22-16(11-12-34-22)13-27-25(32)35-14-21-19-9-5-3-7-17(19)18-8-4-6-10-20(18)21/h3-10,16,21-22H,11-15H2,1-2H3,(H,27,32)(H,28,29)(H,30,31)/t16-,22-,26?/m0/s1. The third-order valence-corrected chi connectivity index (χ3v) is 6.63. The number of methoxy groups -OCH3 is 1. The number of aliphatic carboxylic acids is 1. The molecule has 0 saturated carbocycles. The fraction of sp³-hybridized carbons (Fsp3) is 0.423. The van der Waals surface area contributed by atoms with Gasteiger partial charge in [-0.15, -0.1) is 0 Å². The summed E-state index contributed by atoms with van der Waals surface area (Å²) in [6.45, 7) is 1.88. The highest BCUT2D eigenvalue weighted by Gasteiger charge is 2.41. The molecular weight excluding hydrogens is 452 g/mol. The fourth-order valence-electron chi connectivity index (χ4n) is 4.78. The van der Waals surface area contributed by atoms with Crippen LogP contribution in [0.1, 0.15) is 30.4 Å². The van der Waals surface area contributed by atoms with Gasteiger partial charge in [0.25, 0.3) is 0 Å². The van der Waals surface area contributed by atoms with E-state index >= 15 is 0 Å². The smallest absolute Gasteiger partial charge is 0.407 e. The third kappa shape index (κ3) is 5.16. The molecule has 9 heteroatoms. The maximum Gasteiger partial charge on any atom is 0.407 e. The van der Waals surface area contributed by atoms with Crippen molar-refractivity contribution in [3.05, 3.63) is 59.7 Å². The first kappa shape index (κ1) is 24.7. The van der Waals surface area contributed by atoms with Gasteiger partial charge >= 0.3 is 12.1 Å². The number of alkyl carbamates (subject to hydrolysis) is 1. The quantitative estimate of drug-likeness (QED) is 0.502. The van der Waals surface area contributed by atoms with E-state index in [0.29, 0.717) is 13.0 Å². The van der Waals surface area contributed by atoms with Gasteiger partial charge in [-0.25, -0.2) is 9.59 Å². The van der Waals surface area contributed by atoms with Crippen molar-refractivity contribution in [2.45, 2.75) is 30.9 Å². The number of carbonyl (C=O) groups excluding carboxylic acids is 2. The number of hydrogen-bond acceptors (Lipinski definition) is 6. The van der Waals surface area contributed by atoms with Crippen molar-refractivity contribution in [2.75, 3.05) is 33.5 Å². The molecule has 9 nitrogen and oxygen atoms in total. The molecule has 2 amide bonds. The van der Waals surface area contributed by atoms with E-state index in [9.17, 15) is 19.5 Å². The summed E-state index contributed by atoms with van der Waals surface area (Å²) in [5, 5.41) is 14.7. The Labute approximate surface area is 203 Å². The second-order valence-corrected chi connectivity index (χ2v) is 9.11. The number of hydrogen-bond donors (Lipinski definition) is 3. The predicted molar refractivity (Wildman–Crippen MR) is 127 cm³/mol. The summed E-state index contributed by atoms with van der Waals surface area (Å²) < 4.78 is 16.0. The minimum absolute atomic E-state index is 0.0454. The number of carbonyl (C=O) groups is 3. The van der Waals surface area contributed by atoms with Crippen LogP contribution < -0.4 is 10.6 Å². The van der Waals surface area contributed by atoms with Crippen molar-refractivity contribution in [2.24, 2.45) is 5.92 Å². The molecule has 4 rings (SSSR count). The molecule has 0 bridgehead atoms. The van der Waals surface area contributed by atoms with Crippen LogP contribution in [0, 0.1) is 5.92 Å². The Morgan fingerprint density at radius 2 is 1.71 bits per heavy atom. The zero-order valence-corrected chi connectivity index (χ0v) is 19.8. The Hall–Kier alpha value is -3.43. The highest BCUT2D eigenvalue weighted by atomic mass is 16.5. The number of carboxylic acids is 1. The van der Waals surface area contributed by atoms with E-state index in [4.69, 9.17) is 14.2 Å². The van der Waals surface area contributed by atoms with Crippen molar-refractivity contribution < 1.29 is 33.7 Å². The Morgan fingerprint density at radius 1 is 1.09 bits per heavy atom. The summed E-state index contributed by atoms with van der Waals surface area (Å²) in [7, 11) is 1.36. The first-order chi connectivity index (χ1) is 16.8. The van der Waals surface area contributed by atoms with Gasteiger partial charge in [0.15, 0.2) is 5.54 Å². The minimum Gasteiger partial charge on any atom is -0.479 e. The monoisotopic (exact) mass is 482 g/mol. The molecule has 0 aromatic heterocycles. The van der Waals surface area contributed by atoms with Crippen LogP contribution in [0.2, 0.25) is 0 Å². The highest BCUT2D eigenvalue weighted by Crippen LogP contribution is 2.44. The molecule has 1 fully saturated rings. The van der Waals surface area contributed by atoms with Crippen molar-refractivity contribution in [3.8, 4) is 11.1 Å². The topological polar surface area (TPSA) is 123 Å². The van der Waals surface area contributed by atoms with Crippen LogP contribution >= 0.6 is 0 Å². The van der Waals surface area contributed by atoms with Crippen molar-refractivity contribution >= 4 is 18.0 Å². The molecule has 1 aliphatic heterocycles. The molecule has 2 aromatic carbocycles. The number of carboxylic acid groups (broad SMARTS) is 1. The van der Waals surface area contributed by atoms with Crippen LogP contribution in [0.4, 0.5) is 4.79 Å². The van der Waals surface area contributed by atoms with Crippen LogP contribution in [0.15, 0.2) is 48.5 Å². The normalized spacial score (nSPS) is 20.4. The number of rotatable bonds is 9. The average molecular weight is 483 g/mol. The van der Waals surface area contributed by atoms with Gasteiger partial charge in [-0.3, -0.25) is 4.79 Å². The lowest BCUT2D eigenvalue weighted by molar-refractivity contribution is -0.151. The zero-order chi connectivity index (χ0) is 25.0. The molecule has 0 radical (unpaired) electrons. The lowest BCUT2D eigenvalue weighted by atomic mass is 9.98. The van der Waals surface area contributed by atoms with E-state index in [1.165, 1.54) is 14.0 Å². The highest BCUT2D eigenvalue weighted by molar-refractivity contribution is 5.89. The fourth-order valence-corrected chi connectivity index (χ4v) is 4.78. The second-order valence-electron chi connectivity index (χ2n) is 9.11. The second kappa shape index (κ2) is 10.5. The maximum absolute atomic E-state index is 12.7. The summed E-state index contributed by atoms with van der Waals surface area (Å²) in [6.07, 6.45) is -0.900. The molecular formula is C26H30N2O7. The van der Waals surface area contributed by atoms with Crippen LogP contribution in [0.3, 0.4) is 0 Å². The van der Waals surface area contributed by atoms with Gasteiger partial charge in [0.2, 0.25) is 5.91 Å². The molecule has 1 saturated heterocycles. The Morgan fingerprint density at radius 3 is 2.31 bits per heavy atom. The molecule has 35 heavy (non-hydrogen) atoms. The van der Waals surface area contributed by atoms with Gasteiger partial charge in [-0.05, 0) is 35.6 Å². The van der Waals surface area contributed by atoms with Crippen LogP contribution in [-0.4, -0.2) is 68.2 Å². The maximum atomic E-state index is 12.7. The molecule has 3 N–H and O–H groups in total. The molecule has 1 unspecified atom stereocenters. The summed E-state index contributed by atoms with van der Waals surface area (Å²) in [6, 6.07) is 16.2. The zero-order valence-electron chi connectivity index (χ0n) is 19.8. The van der Waals surface area contributed by atoms with Gasteiger partial charge in [-0.2, -0.15) is 0 Å². The SMILES string of the molecule is COCC(C)(NC(=O)[C@H]1OCC[C@H]1CNC(=O)OCC1c2ccccc2-c2ccccc21)C(=O)O. The van der Waals surface area contributed by atoms with Gasteiger partial charge < -0.3 is 30.0 Å². The van der Waals surface area contributed by atoms with E-state index in [0.717, 1.165) is 22.3 Å². The molecule has 2 aromatic rings. The van der Waals surface area contributed by atoms with E-state index in [1.807, 2.05) is 24.3 Å². The summed E-state index contributed by atoms with van der Waals surface area (Å²) in [4.78, 5) is 36.8. The number of fused-ring (bicyclic) bond motifs is 3. The van der Waals surface area contributed by atoms with Gasteiger partial charge in [0.05, 0.1) is 6.61 Å². The number of benzene rings is 2. The summed E-state index contributed by atoms with van der Waals surface area (Å²) in [5.41, 5.74) is 2.97. The van der Waals surface area contributed by atoms with Crippen molar-refractivity contribution in [1.82, 2.24) is 10.6 Å². The van der Waals surface area contributed by atoms with Crippen molar-refractivity contribution in [3.63, 3.8) is 0 Å². The predicted octanol–water partition coefficient (Wildman–Crippen LogP) is 2.54. The molecule has 2 aliphatic rings. The minimum atomic E-state index is -1.58. The molecule has 1 heterocycles. The number of nitrogens with one attached hydrogen (secondary N) is 2. The largest absolute Gasteiger partial charge is 0.479 e. The van der Waals surface area contributed by atoms with E-state index in [2.05, 4.69) is 34.9 Å². The van der Waals surface area contributed by atoms with Gasteiger partial charge in [0, 0.05) is 32.1 Å². The molecule has 3 atom stereocenters. The Bertz CT molecular complexity index is 1060. The van der Waals surface area contributed by atoms with E-state index < -0.39 is 29.6 Å². The van der Waals surface area contributed by atoms with Crippen LogP contribution in [-0.2, 0) is 23.8 Å². The van der Waals surface area contributed by atoms with Gasteiger partial charge in [0.1, 0.15) is 12.7 Å². The first-order valence-corrected chi connectivity index (χ1v) is 11.6. The Balaban J connectivity index is 1.32. The first-order valence-electron chi connectivity index (χ1n) is 11.6. The van der Waals surface area contributed by atoms with Gasteiger partial charge in [-0.1, -0.05) is 48.5 Å². The third-order valence-electron chi connectivity index (χ3n) is 6.63. The number of amides is 2. The average Bonchev–Trinajstić information content (AvgIpc) is 3.44. The lowest BCUT2D eigenvalue weighted by Gasteiger charge is -2.28. The van der Waals surface area contributed by atoms with Crippen molar-refractivity contribution in [1.29, 1.82) is 0 Å². The molecule has 186 valence electrons. The lowest BCUT2D eigenvalue weighted by Crippen LogP contribution is -2.58. The summed E-state index contributed by atoms with van der Waals surface area (Å²) >= 11 is 0. The van der Waals surface area contributed by atoms with Crippen LogP contribution in [0.5, 0.6) is 0 Å². The van der Waals surface area contributed by atoms with Crippen LogP contribution in [0.25, 0.3) is 11.1 Å².